The molecule has 3 rings (SSSR count). The molecular formula is C16H18N4OS2. The molecule has 0 aliphatic carbocycles. The van der Waals surface area contributed by atoms with Gasteiger partial charge in [0.05, 0.1) is 6.04 Å². The van der Waals surface area contributed by atoms with Gasteiger partial charge in [-0.1, -0.05) is 6.92 Å². The maximum absolute atomic E-state index is 12.4. The van der Waals surface area contributed by atoms with Crippen LogP contribution in [0, 0.1) is 0 Å². The Hall–Kier alpha value is -1.99. The lowest BCUT2D eigenvalue weighted by Gasteiger charge is -2.17. The molecule has 0 aliphatic rings. The van der Waals surface area contributed by atoms with E-state index in [2.05, 4.69) is 32.1 Å². The molecule has 23 heavy (non-hydrogen) atoms. The van der Waals surface area contributed by atoms with Crippen LogP contribution in [0.2, 0.25) is 0 Å². The van der Waals surface area contributed by atoms with Gasteiger partial charge in [0.25, 0.3) is 0 Å². The lowest BCUT2D eigenvalue weighted by atomic mass is 10.1. The lowest BCUT2D eigenvalue weighted by Crippen LogP contribution is -2.32. The molecule has 1 amide bonds. The molecule has 0 radical (unpaired) electrons. The Morgan fingerprint density at radius 2 is 2.26 bits per heavy atom. The zero-order valence-corrected chi connectivity index (χ0v) is 14.4. The van der Waals surface area contributed by atoms with Crippen LogP contribution in [-0.4, -0.2) is 20.4 Å². The van der Waals surface area contributed by atoms with Gasteiger partial charge in [-0.25, -0.2) is 9.97 Å². The van der Waals surface area contributed by atoms with Gasteiger partial charge in [0, 0.05) is 36.8 Å². The van der Waals surface area contributed by atoms with Crippen molar-refractivity contribution in [3.63, 3.8) is 0 Å². The molecule has 0 aliphatic heterocycles. The van der Waals surface area contributed by atoms with Crippen LogP contribution in [0.25, 0.3) is 0 Å². The van der Waals surface area contributed by atoms with Crippen molar-refractivity contribution in [1.29, 1.82) is 0 Å². The Morgan fingerprint density at radius 3 is 2.96 bits per heavy atom. The molecule has 1 N–H and O–H groups in total. The topological polar surface area (TPSA) is 59.8 Å². The summed E-state index contributed by atoms with van der Waals surface area (Å²) in [5, 5.41) is 10.1. The summed E-state index contributed by atoms with van der Waals surface area (Å²) in [6, 6.07) is 1.99. The van der Waals surface area contributed by atoms with E-state index in [0.717, 1.165) is 23.7 Å². The third-order valence-corrected chi connectivity index (χ3v) is 5.16. The highest BCUT2D eigenvalue weighted by Gasteiger charge is 2.18. The smallest absolute Gasteiger partial charge is 0.240 e. The number of thiazole rings is 1. The van der Waals surface area contributed by atoms with Crippen LogP contribution >= 0.6 is 22.7 Å². The van der Waals surface area contributed by atoms with E-state index in [4.69, 9.17) is 0 Å². The van der Waals surface area contributed by atoms with Crippen LogP contribution in [0.4, 0.5) is 0 Å². The standard InChI is InChI=1S/C16H18N4OS2/c1-2-14-17-4-6-20(14)10-15(21)19-13(16-18-5-8-23-16)9-12-3-7-22-11-12/h3-8,11,13H,2,9-10H2,1H3,(H,19,21). The summed E-state index contributed by atoms with van der Waals surface area (Å²) in [6.45, 7) is 2.32. The van der Waals surface area contributed by atoms with Crippen molar-refractivity contribution >= 4 is 28.6 Å². The number of rotatable bonds is 7. The molecule has 0 bridgehead atoms. The van der Waals surface area contributed by atoms with Crippen molar-refractivity contribution < 1.29 is 4.79 Å². The fraction of sp³-hybridized carbons (Fsp3) is 0.312. The van der Waals surface area contributed by atoms with Crippen molar-refractivity contribution in [3.8, 4) is 0 Å². The van der Waals surface area contributed by atoms with Crippen molar-refractivity contribution in [2.24, 2.45) is 0 Å². The van der Waals surface area contributed by atoms with E-state index < -0.39 is 0 Å². The van der Waals surface area contributed by atoms with E-state index in [1.165, 1.54) is 5.56 Å². The molecule has 3 aromatic rings. The first-order chi connectivity index (χ1) is 11.3. The zero-order chi connectivity index (χ0) is 16.1. The molecule has 120 valence electrons. The second-order valence-electron chi connectivity index (χ2n) is 5.15. The Bertz CT molecular complexity index is 734. The minimum atomic E-state index is -0.0919. The van der Waals surface area contributed by atoms with Gasteiger partial charge in [0.15, 0.2) is 0 Å². The van der Waals surface area contributed by atoms with Gasteiger partial charge in [-0.05, 0) is 22.4 Å². The van der Waals surface area contributed by atoms with Gasteiger partial charge in [-0.2, -0.15) is 11.3 Å². The average Bonchev–Trinajstić information content (AvgIpc) is 3.29. The van der Waals surface area contributed by atoms with Gasteiger partial charge in [-0.3, -0.25) is 4.79 Å². The summed E-state index contributed by atoms with van der Waals surface area (Å²) < 4.78 is 1.89. The zero-order valence-electron chi connectivity index (χ0n) is 12.8. The van der Waals surface area contributed by atoms with Crippen molar-refractivity contribution in [2.75, 3.05) is 0 Å². The third-order valence-electron chi connectivity index (χ3n) is 3.54. The summed E-state index contributed by atoms with van der Waals surface area (Å²) in [4.78, 5) is 21.1. The number of hydrogen-bond acceptors (Lipinski definition) is 5. The van der Waals surface area contributed by atoms with E-state index >= 15 is 0 Å². The molecule has 0 aromatic carbocycles. The molecule has 0 spiro atoms. The van der Waals surface area contributed by atoms with Crippen LogP contribution < -0.4 is 5.32 Å². The lowest BCUT2D eigenvalue weighted by molar-refractivity contribution is -0.122. The first-order valence-electron chi connectivity index (χ1n) is 7.46. The summed E-state index contributed by atoms with van der Waals surface area (Å²) >= 11 is 3.23. The molecule has 7 heteroatoms. The molecule has 0 fully saturated rings. The first-order valence-corrected chi connectivity index (χ1v) is 9.28. The fourth-order valence-corrected chi connectivity index (χ4v) is 3.82. The van der Waals surface area contributed by atoms with E-state index in [9.17, 15) is 4.79 Å². The average molecular weight is 346 g/mol. The van der Waals surface area contributed by atoms with Crippen LogP contribution in [0.1, 0.15) is 29.4 Å². The predicted octanol–water partition coefficient (Wildman–Crippen LogP) is 3.06. The summed E-state index contributed by atoms with van der Waals surface area (Å²) in [7, 11) is 0. The molecular weight excluding hydrogens is 328 g/mol. The molecule has 1 atom stereocenters. The Morgan fingerprint density at radius 1 is 1.35 bits per heavy atom. The second-order valence-corrected chi connectivity index (χ2v) is 6.86. The second kappa shape index (κ2) is 7.52. The number of nitrogens with one attached hydrogen (secondary N) is 1. The summed E-state index contributed by atoms with van der Waals surface area (Å²) in [5.41, 5.74) is 1.22. The SMILES string of the molecule is CCc1nccn1CC(=O)NC(Cc1ccsc1)c1nccs1. The Balaban J connectivity index is 1.69. The maximum atomic E-state index is 12.4. The number of carbonyl (C=O) groups is 1. The van der Waals surface area contributed by atoms with Crippen LogP contribution in [0.15, 0.2) is 40.8 Å². The van der Waals surface area contributed by atoms with Crippen LogP contribution in [0.5, 0.6) is 0 Å². The number of aryl methyl sites for hydroxylation is 1. The van der Waals surface area contributed by atoms with Crippen molar-refractivity contribution in [1.82, 2.24) is 19.9 Å². The highest BCUT2D eigenvalue weighted by Crippen LogP contribution is 2.21. The number of carbonyl (C=O) groups excluding carboxylic acids is 1. The highest BCUT2D eigenvalue weighted by molar-refractivity contribution is 7.09. The normalized spacial score (nSPS) is 12.2. The minimum absolute atomic E-state index is 0.0203. The third kappa shape index (κ3) is 4.05. The minimum Gasteiger partial charge on any atom is -0.345 e. The van der Waals surface area contributed by atoms with E-state index in [1.54, 1.807) is 35.1 Å². The number of nitrogens with zero attached hydrogens (tertiary/aromatic N) is 3. The van der Waals surface area contributed by atoms with Crippen LogP contribution in [-0.2, 0) is 24.2 Å². The van der Waals surface area contributed by atoms with Gasteiger partial charge in [0.2, 0.25) is 5.91 Å². The quantitative estimate of drug-likeness (QED) is 0.715. The van der Waals surface area contributed by atoms with Gasteiger partial charge >= 0.3 is 0 Å². The molecule has 0 saturated heterocycles. The van der Waals surface area contributed by atoms with E-state index in [-0.39, 0.29) is 18.5 Å². The first kappa shape index (κ1) is 15.9. The van der Waals surface area contributed by atoms with Crippen LogP contribution in [0.3, 0.4) is 0 Å². The molecule has 3 heterocycles. The Labute approximate surface area is 143 Å². The predicted molar refractivity (Wildman–Crippen MR) is 92.6 cm³/mol. The number of amides is 1. The fourth-order valence-electron chi connectivity index (χ4n) is 2.44. The van der Waals surface area contributed by atoms with Crippen molar-refractivity contribution in [2.45, 2.75) is 32.4 Å². The number of aromatic nitrogens is 3. The molecule has 0 saturated carbocycles. The molecule has 5 nitrogen and oxygen atoms in total. The largest absolute Gasteiger partial charge is 0.345 e. The monoisotopic (exact) mass is 346 g/mol. The molecule has 1 unspecified atom stereocenters. The van der Waals surface area contributed by atoms with Gasteiger partial charge in [0.1, 0.15) is 17.4 Å². The highest BCUT2D eigenvalue weighted by atomic mass is 32.1. The van der Waals surface area contributed by atoms with Crippen molar-refractivity contribution in [3.05, 3.63) is 57.2 Å². The maximum Gasteiger partial charge on any atom is 0.240 e. The van der Waals surface area contributed by atoms with E-state index in [1.807, 2.05) is 23.1 Å². The Kier molecular flexibility index (Phi) is 5.19. The molecule has 3 aromatic heterocycles. The number of thiophene rings is 1. The number of hydrogen-bond donors (Lipinski definition) is 1. The summed E-state index contributed by atoms with van der Waals surface area (Å²) in [5.74, 6) is 0.900. The van der Waals surface area contributed by atoms with Gasteiger partial charge in [-0.15, -0.1) is 11.3 Å². The van der Waals surface area contributed by atoms with Gasteiger partial charge < -0.3 is 9.88 Å². The van der Waals surface area contributed by atoms with E-state index in [0.29, 0.717) is 0 Å². The summed E-state index contributed by atoms with van der Waals surface area (Å²) in [6.07, 6.45) is 6.92. The number of imidazole rings is 1.